The van der Waals surface area contributed by atoms with E-state index in [1.807, 2.05) is 31.2 Å². The summed E-state index contributed by atoms with van der Waals surface area (Å²) in [7, 11) is 0. The average molecular weight is 343 g/mol. The maximum absolute atomic E-state index is 12.8. The molecule has 23 heavy (non-hydrogen) atoms. The van der Waals surface area contributed by atoms with E-state index in [4.69, 9.17) is 11.6 Å². The zero-order valence-electron chi connectivity index (χ0n) is 12.2. The van der Waals surface area contributed by atoms with Crippen molar-refractivity contribution < 1.29 is 18.0 Å². The fourth-order valence-electron chi connectivity index (χ4n) is 2.00. The topological polar surface area (TPSA) is 41.1 Å². The Labute approximate surface area is 136 Å². The van der Waals surface area contributed by atoms with Gasteiger partial charge in [0, 0.05) is 12.2 Å². The summed E-state index contributed by atoms with van der Waals surface area (Å²) in [5, 5.41) is 4.53. The Morgan fingerprint density at radius 2 is 1.91 bits per heavy atom. The van der Waals surface area contributed by atoms with Crippen LogP contribution in [-0.2, 0) is 12.7 Å². The molecule has 3 nitrogen and oxygen atoms in total. The van der Waals surface area contributed by atoms with Gasteiger partial charge in [-0.1, -0.05) is 41.4 Å². The van der Waals surface area contributed by atoms with Crippen molar-refractivity contribution in [2.45, 2.75) is 19.6 Å². The molecule has 2 rings (SSSR count). The van der Waals surface area contributed by atoms with Gasteiger partial charge in [0.2, 0.25) is 0 Å². The molecule has 0 fully saturated rings. The largest absolute Gasteiger partial charge is 0.417 e. The molecule has 0 spiro atoms. The van der Waals surface area contributed by atoms with Crippen molar-refractivity contribution in [3.8, 4) is 0 Å². The van der Waals surface area contributed by atoms with Crippen LogP contribution in [0.25, 0.3) is 0 Å². The fourth-order valence-corrected chi connectivity index (χ4v) is 2.22. The zero-order valence-corrected chi connectivity index (χ0v) is 12.9. The summed E-state index contributed by atoms with van der Waals surface area (Å²) >= 11 is 5.53. The molecule has 2 aromatic rings. The highest BCUT2D eigenvalue weighted by atomic mass is 35.5. The van der Waals surface area contributed by atoms with Crippen molar-refractivity contribution in [3.05, 3.63) is 64.2 Å². The van der Waals surface area contributed by atoms with E-state index < -0.39 is 22.8 Å². The number of amides is 2. The number of urea groups is 1. The molecular formula is C16H14ClF3N2O. The first-order chi connectivity index (χ1) is 10.8. The lowest BCUT2D eigenvalue weighted by Crippen LogP contribution is -2.28. The predicted molar refractivity (Wildman–Crippen MR) is 83.5 cm³/mol. The van der Waals surface area contributed by atoms with Crippen molar-refractivity contribution in [2.75, 3.05) is 5.32 Å². The summed E-state index contributed by atoms with van der Waals surface area (Å²) in [6, 6.07) is 10.2. The number of carbonyl (C=O) groups excluding carboxylic acids is 1. The molecule has 0 aliphatic carbocycles. The molecule has 0 atom stereocenters. The lowest BCUT2D eigenvalue weighted by atomic mass is 10.1. The summed E-state index contributed by atoms with van der Waals surface area (Å²) in [5.74, 6) is 0. The van der Waals surface area contributed by atoms with Crippen molar-refractivity contribution in [2.24, 2.45) is 0 Å². The van der Waals surface area contributed by atoms with Gasteiger partial charge >= 0.3 is 12.2 Å². The smallest absolute Gasteiger partial charge is 0.334 e. The number of anilines is 1. The summed E-state index contributed by atoms with van der Waals surface area (Å²) in [6.45, 7) is 2.20. The third-order valence-electron chi connectivity index (χ3n) is 3.07. The van der Waals surface area contributed by atoms with Gasteiger partial charge in [0.15, 0.2) is 0 Å². The molecule has 0 saturated heterocycles. The summed E-state index contributed by atoms with van der Waals surface area (Å²) in [6.07, 6.45) is -4.58. The number of rotatable bonds is 3. The molecule has 7 heteroatoms. The molecule has 0 aromatic heterocycles. The van der Waals surface area contributed by atoms with E-state index in [1.54, 1.807) is 0 Å². The molecule has 0 unspecified atom stereocenters. The molecule has 0 heterocycles. The molecule has 0 saturated carbocycles. The minimum atomic E-state index is -4.58. The quantitative estimate of drug-likeness (QED) is 0.810. The van der Waals surface area contributed by atoms with Crippen molar-refractivity contribution in [3.63, 3.8) is 0 Å². The van der Waals surface area contributed by atoms with E-state index in [0.29, 0.717) is 0 Å². The standard InChI is InChI=1S/C16H14ClF3N2O/c1-10-3-2-4-11(7-10)9-21-15(23)22-12-5-6-14(17)13(8-12)16(18,19)20/h2-8H,9H2,1H3,(H2,21,22,23). The lowest BCUT2D eigenvalue weighted by molar-refractivity contribution is -0.137. The Morgan fingerprint density at radius 1 is 1.17 bits per heavy atom. The highest BCUT2D eigenvalue weighted by Gasteiger charge is 2.33. The zero-order chi connectivity index (χ0) is 17.0. The summed E-state index contributed by atoms with van der Waals surface area (Å²) < 4.78 is 38.3. The minimum absolute atomic E-state index is 0.0171. The number of aryl methyl sites for hydroxylation is 1. The second kappa shape index (κ2) is 6.91. The van der Waals surface area contributed by atoms with Gasteiger partial charge < -0.3 is 10.6 Å². The van der Waals surface area contributed by atoms with E-state index in [-0.39, 0.29) is 12.2 Å². The third-order valence-corrected chi connectivity index (χ3v) is 3.39. The van der Waals surface area contributed by atoms with Crippen LogP contribution >= 0.6 is 11.6 Å². The average Bonchev–Trinajstić information content (AvgIpc) is 2.46. The van der Waals surface area contributed by atoms with Crippen molar-refractivity contribution in [1.82, 2.24) is 5.32 Å². The van der Waals surface area contributed by atoms with Gasteiger partial charge in [0.1, 0.15) is 0 Å². The molecule has 122 valence electrons. The highest BCUT2D eigenvalue weighted by Crippen LogP contribution is 2.36. The SMILES string of the molecule is Cc1cccc(CNC(=O)Nc2ccc(Cl)c(C(F)(F)F)c2)c1. The van der Waals surface area contributed by atoms with Crippen LogP contribution < -0.4 is 10.6 Å². The van der Waals surface area contributed by atoms with E-state index in [0.717, 1.165) is 23.3 Å². The molecule has 0 bridgehead atoms. The number of nitrogens with one attached hydrogen (secondary N) is 2. The van der Waals surface area contributed by atoms with Gasteiger partial charge in [-0.05, 0) is 30.7 Å². The third kappa shape index (κ3) is 4.89. The fraction of sp³-hybridized carbons (Fsp3) is 0.188. The second-order valence-corrected chi connectivity index (χ2v) is 5.40. The number of hydrogen-bond acceptors (Lipinski definition) is 1. The van der Waals surface area contributed by atoms with Crippen LogP contribution in [0.2, 0.25) is 5.02 Å². The van der Waals surface area contributed by atoms with Crippen molar-refractivity contribution in [1.29, 1.82) is 0 Å². The Balaban J connectivity index is 2.00. The minimum Gasteiger partial charge on any atom is -0.334 e. The number of alkyl halides is 3. The van der Waals surface area contributed by atoms with E-state index in [9.17, 15) is 18.0 Å². The monoisotopic (exact) mass is 342 g/mol. The normalized spacial score (nSPS) is 11.2. The van der Waals surface area contributed by atoms with Crippen molar-refractivity contribution >= 4 is 23.3 Å². The van der Waals surface area contributed by atoms with Gasteiger partial charge in [-0.3, -0.25) is 0 Å². The van der Waals surface area contributed by atoms with Crippen LogP contribution in [0.15, 0.2) is 42.5 Å². The van der Waals surface area contributed by atoms with Gasteiger partial charge in [-0.2, -0.15) is 13.2 Å². The first-order valence-electron chi connectivity index (χ1n) is 6.73. The Morgan fingerprint density at radius 3 is 2.57 bits per heavy atom. The molecule has 2 N–H and O–H groups in total. The lowest BCUT2D eigenvalue weighted by Gasteiger charge is -2.12. The number of halogens is 4. The first-order valence-corrected chi connectivity index (χ1v) is 7.10. The maximum Gasteiger partial charge on any atom is 0.417 e. The van der Waals surface area contributed by atoms with E-state index in [2.05, 4.69) is 10.6 Å². The van der Waals surface area contributed by atoms with Crippen LogP contribution in [0.1, 0.15) is 16.7 Å². The Hall–Kier alpha value is -2.21. The van der Waals surface area contributed by atoms with Gasteiger partial charge in [0.05, 0.1) is 10.6 Å². The molecule has 2 aromatic carbocycles. The number of benzene rings is 2. The van der Waals surface area contributed by atoms with Gasteiger partial charge in [0.25, 0.3) is 0 Å². The van der Waals surface area contributed by atoms with E-state index in [1.165, 1.54) is 6.07 Å². The second-order valence-electron chi connectivity index (χ2n) is 4.99. The van der Waals surface area contributed by atoms with Crippen LogP contribution in [0.4, 0.5) is 23.7 Å². The Kier molecular flexibility index (Phi) is 5.15. The highest BCUT2D eigenvalue weighted by molar-refractivity contribution is 6.31. The van der Waals surface area contributed by atoms with E-state index >= 15 is 0 Å². The molecule has 0 aliphatic heterocycles. The van der Waals surface area contributed by atoms with Crippen LogP contribution in [0.5, 0.6) is 0 Å². The molecule has 0 aliphatic rings. The van der Waals surface area contributed by atoms with Gasteiger partial charge in [-0.25, -0.2) is 4.79 Å². The number of carbonyl (C=O) groups is 1. The van der Waals surface area contributed by atoms with Crippen LogP contribution in [-0.4, -0.2) is 6.03 Å². The summed E-state index contributed by atoms with van der Waals surface area (Å²) in [4.78, 5) is 11.8. The number of hydrogen-bond donors (Lipinski definition) is 2. The Bertz CT molecular complexity index is 717. The maximum atomic E-state index is 12.8. The molecular weight excluding hydrogens is 329 g/mol. The summed E-state index contributed by atoms with van der Waals surface area (Å²) in [5.41, 5.74) is 0.976. The molecule has 0 radical (unpaired) electrons. The van der Waals surface area contributed by atoms with Crippen LogP contribution in [0, 0.1) is 6.92 Å². The van der Waals surface area contributed by atoms with Gasteiger partial charge in [-0.15, -0.1) is 0 Å². The molecule has 2 amide bonds. The first kappa shape index (κ1) is 17.1. The van der Waals surface area contributed by atoms with Crippen LogP contribution in [0.3, 0.4) is 0 Å². The predicted octanol–water partition coefficient (Wildman–Crippen LogP) is 4.99.